The fraction of sp³-hybridized carbons (Fsp3) is 0.385. The third-order valence-electron chi connectivity index (χ3n) is 3.47. The Labute approximate surface area is 106 Å². The standard InChI is InChI=1S/C13H16N4O/c1-8-12(18)15-13-14-7-9-6-10(16(2)3)4-5-11(9)17(8)13/h4-6,8H,7H2,1-3H3,(H,14,15,18). The number of guanidine groups is 1. The fourth-order valence-corrected chi connectivity index (χ4v) is 2.39. The Hall–Kier alpha value is -2.04. The second-order valence-electron chi connectivity index (χ2n) is 4.88. The maximum Gasteiger partial charge on any atom is 0.249 e. The van der Waals surface area contributed by atoms with Gasteiger partial charge in [-0.1, -0.05) is 0 Å². The Morgan fingerprint density at radius 1 is 1.44 bits per heavy atom. The molecule has 1 amide bonds. The number of benzene rings is 1. The van der Waals surface area contributed by atoms with E-state index in [2.05, 4.69) is 33.4 Å². The quantitative estimate of drug-likeness (QED) is 0.800. The molecule has 0 bridgehead atoms. The monoisotopic (exact) mass is 244 g/mol. The first-order valence-electron chi connectivity index (χ1n) is 6.03. The second-order valence-corrected chi connectivity index (χ2v) is 4.88. The van der Waals surface area contributed by atoms with Crippen molar-refractivity contribution in [2.24, 2.45) is 4.99 Å². The van der Waals surface area contributed by atoms with Gasteiger partial charge in [-0.25, -0.2) is 4.99 Å². The summed E-state index contributed by atoms with van der Waals surface area (Å²) < 4.78 is 0. The Morgan fingerprint density at radius 3 is 2.94 bits per heavy atom. The number of carbonyl (C=O) groups is 1. The average molecular weight is 244 g/mol. The van der Waals surface area contributed by atoms with E-state index in [1.807, 2.05) is 25.9 Å². The van der Waals surface area contributed by atoms with Gasteiger partial charge in [0, 0.05) is 25.5 Å². The summed E-state index contributed by atoms with van der Waals surface area (Å²) in [6.07, 6.45) is 0. The van der Waals surface area contributed by atoms with E-state index in [9.17, 15) is 4.79 Å². The molecule has 1 N–H and O–H groups in total. The van der Waals surface area contributed by atoms with Crippen LogP contribution in [0.4, 0.5) is 11.4 Å². The van der Waals surface area contributed by atoms with E-state index in [1.165, 1.54) is 0 Å². The minimum atomic E-state index is -0.187. The molecule has 3 rings (SSSR count). The molecule has 2 heterocycles. The normalized spacial score (nSPS) is 21.1. The van der Waals surface area contributed by atoms with Gasteiger partial charge in [0.2, 0.25) is 11.9 Å². The lowest BCUT2D eigenvalue weighted by Gasteiger charge is -2.28. The van der Waals surface area contributed by atoms with Crippen LogP contribution in [0.15, 0.2) is 23.2 Å². The van der Waals surface area contributed by atoms with Crippen molar-refractivity contribution >= 4 is 23.2 Å². The smallest absolute Gasteiger partial charge is 0.249 e. The topological polar surface area (TPSA) is 47.9 Å². The minimum Gasteiger partial charge on any atom is -0.378 e. The van der Waals surface area contributed by atoms with Crippen molar-refractivity contribution in [3.63, 3.8) is 0 Å². The van der Waals surface area contributed by atoms with Crippen LogP contribution in [-0.2, 0) is 11.3 Å². The molecule has 1 aromatic rings. The van der Waals surface area contributed by atoms with Gasteiger partial charge in [-0.05, 0) is 30.7 Å². The van der Waals surface area contributed by atoms with Gasteiger partial charge in [-0.3, -0.25) is 15.0 Å². The highest BCUT2D eigenvalue weighted by Crippen LogP contribution is 2.32. The molecule has 1 saturated heterocycles. The first-order valence-corrected chi connectivity index (χ1v) is 6.03. The van der Waals surface area contributed by atoms with Gasteiger partial charge in [0.05, 0.1) is 6.54 Å². The highest BCUT2D eigenvalue weighted by Gasteiger charge is 2.37. The van der Waals surface area contributed by atoms with Crippen molar-refractivity contribution in [2.75, 3.05) is 23.9 Å². The van der Waals surface area contributed by atoms with Gasteiger partial charge in [0.15, 0.2) is 0 Å². The summed E-state index contributed by atoms with van der Waals surface area (Å²) in [6.45, 7) is 2.52. The number of fused-ring (bicyclic) bond motifs is 3. The molecule has 1 unspecified atom stereocenters. The van der Waals surface area contributed by atoms with Crippen molar-refractivity contribution in [1.82, 2.24) is 5.32 Å². The SMILES string of the molecule is CC1C(=O)NC2=NCc3cc(N(C)C)ccc3N21. The molecule has 0 aromatic heterocycles. The second kappa shape index (κ2) is 3.73. The Bertz CT molecular complexity index is 550. The molecule has 5 heteroatoms. The van der Waals surface area contributed by atoms with Crippen LogP contribution in [0.25, 0.3) is 0 Å². The third-order valence-corrected chi connectivity index (χ3v) is 3.47. The van der Waals surface area contributed by atoms with Gasteiger partial charge in [0.25, 0.3) is 0 Å². The Kier molecular flexibility index (Phi) is 2.29. The van der Waals surface area contributed by atoms with Crippen LogP contribution in [0, 0.1) is 0 Å². The van der Waals surface area contributed by atoms with E-state index >= 15 is 0 Å². The summed E-state index contributed by atoms with van der Waals surface area (Å²) in [5.74, 6) is 0.691. The van der Waals surface area contributed by atoms with Gasteiger partial charge < -0.3 is 4.90 Å². The van der Waals surface area contributed by atoms with Gasteiger partial charge >= 0.3 is 0 Å². The fourth-order valence-electron chi connectivity index (χ4n) is 2.39. The molecule has 2 aliphatic rings. The lowest BCUT2D eigenvalue weighted by atomic mass is 10.1. The molecule has 1 fully saturated rings. The zero-order valence-electron chi connectivity index (χ0n) is 10.8. The molecular weight excluding hydrogens is 228 g/mol. The first kappa shape index (κ1) is 11.1. The van der Waals surface area contributed by atoms with E-state index in [0.29, 0.717) is 12.5 Å². The van der Waals surface area contributed by atoms with Crippen molar-refractivity contribution in [3.8, 4) is 0 Å². The zero-order chi connectivity index (χ0) is 12.9. The molecule has 1 atom stereocenters. The maximum atomic E-state index is 11.7. The van der Waals surface area contributed by atoms with Crippen LogP contribution in [-0.4, -0.2) is 32.0 Å². The van der Waals surface area contributed by atoms with E-state index < -0.39 is 0 Å². The molecule has 0 radical (unpaired) electrons. The number of nitrogens with zero attached hydrogens (tertiary/aromatic N) is 3. The van der Waals surface area contributed by atoms with Crippen LogP contribution in [0.2, 0.25) is 0 Å². The predicted molar refractivity (Wildman–Crippen MR) is 72.0 cm³/mol. The summed E-state index contributed by atoms with van der Waals surface area (Å²) in [6, 6.07) is 6.08. The summed E-state index contributed by atoms with van der Waals surface area (Å²) in [5.41, 5.74) is 3.39. The maximum absolute atomic E-state index is 11.7. The molecule has 1 aromatic carbocycles. The van der Waals surface area contributed by atoms with E-state index in [0.717, 1.165) is 16.9 Å². The van der Waals surface area contributed by atoms with E-state index in [4.69, 9.17) is 0 Å². The lowest BCUT2D eigenvalue weighted by molar-refractivity contribution is -0.119. The summed E-state index contributed by atoms with van der Waals surface area (Å²) in [4.78, 5) is 20.1. The predicted octanol–water partition coefficient (Wildman–Crippen LogP) is 0.947. The molecular formula is C13H16N4O. The number of carbonyl (C=O) groups excluding carboxylic acids is 1. The van der Waals surface area contributed by atoms with Crippen molar-refractivity contribution in [2.45, 2.75) is 19.5 Å². The largest absolute Gasteiger partial charge is 0.378 e. The highest BCUT2D eigenvalue weighted by atomic mass is 16.2. The van der Waals surface area contributed by atoms with Crippen LogP contribution in [0.1, 0.15) is 12.5 Å². The first-order chi connectivity index (χ1) is 8.58. The molecule has 18 heavy (non-hydrogen) atoms. The number of hydrogen-bond acceptors (Lipinski definition) is 4. The lowest BCUT2D eigenvalue weighted by Crippen LogP contribution is -2.36. The number of amides is 1. The average Bonchev–Trinajstić information content (AvgIpc) is 2.65. The number of nitrogens with one attached hydrogen (secondary N) is 1. The van der Waals surface area contributed by atoms with Crippen molar-refractivity contribution in [1.29, 1.82) is 0 Å². The molecule has 94 valence electrons. The number of aliphatic imine (C=N–C) groups is 1. The van der Waals surface area contributed by atoms with Crippen molar-refractivity contribution < 1.29 is 4.79 Å². The summed E-state index contributed by atoms with van der Waals surface area (Å²) >= 11 is 0. The summed E-state index contributed by atoms with van der Waals surface area (Å²) in [5, 5.41) is 2.81. The number of hydrogen-bond donors (Lipinski definition) is 1. The van der Waals surface area contributed by atoms with Gasteiger partial charge in [-0.2, -0.15) is 0 Å². The van der Waals surface area contributed by atoms with E-state index in [-0.39, 0.29) is 11.9 Å². The number of anilines is 2. The minimum absolute atomic E-state index is 0.0123. The Balaban J connectivity index is 2.06. The highest BCUT2D eigenvalue weighted by molar-refractivity contribution is 6.17. The van der Waals surface area contributed by atoms with Gasteiger partial charge in [-0.15, -0.1) is 0 Å². The molecule has 2 aliphatic heterocycles. The Morgan fingerprint density at radius 2 is 2.22 bits per heavy atom. The van der Waals surface area contributed by atoms with Gasteiger partial charge in [0.1, 0.15) is 6.04 Å². The molecule has 0 saturated carbocycles. The van der Waals surface area contributed by atoms with Crippen LogP contribution < -0.4 is 15.1 Å². The van der Waals surface area contributed by atoms with Crippen LogP contribution in [0.5, 0.6) is 0 Å². The van der Waals surface area contributed by atoms with Crippen molar-refractivity contribution in [3.05, 3.63) is 23.8 Å². The van der Waals surface area contributed by atoms with Crippen LogP contribution >= 0.6 is 0 Å². The molecule has 0 spiro atoms. The third kappa shape index (κ3) is 1.47. The molecule has 0 aliphatic carbocycles. The number of rotatable bonds is 1. The molecule has 5 nitrogen and oxygen atoms in total. The zero-order valence-corrected chi connectivity index (χ0v) is 10.8. The van der Waals surface area contributed by atoms with Crippen LogP contribution in [0.3, 0.4) is 0 Å². The summed E-state index contributed by atoms with van der Waals surface area (Å²) in [7, 11) is 4.03. The van der Waals surface area contributed by atoms with E-state index in [1.54, 1.807) is 0 Å².